The maximum absolute atomic E-state index is 13.2. The summed E-state index contributed by atoms with van der Waals surface area (Å²) in [6.07, 6.45) is 38.9. The second-order valence-electron chi connectivity index (χ2n) is 19.7. The molecule has 12 unspecified atom stereocenters. The molecule has 2 heterocycles. The zero-order valence-corrected chi connectivity index (χ0v) is 44.4. The largest absolute Gasteiger partial charge is 0.394 e. The first-order chi connectivity index (χ1) is 35.1. The molecule has 2 aliphatic rings. The molecule has 1 amide bonds. The van der Waals surface area contributed by atoms with Crippen LogP contribution in [0.25, 0.3) is 0 Å². The number of hydrogen-bond donors (Lipinski definition) is 9. The van der Waals surface area contributed by atoms with Crippen LogP contribution in [0, 0.1) is 0 Å². The van der Waals surface area contributed by atoms with Crippen molar-refractivity contribution in [1.82, 2.24) is 5.32 Å². The van der Waals surface area contributed by atoms with Gasteiger partial charge in [-0.2, -0.15) is 0 Å². The minimum Gasteiger partial charge on any atom is -0.394 e. The summed E-state index contributed by atoms with van der Waals surface area (Å²) in [5, 5.41) is 87.1. The standard InChI is InChI=1S/C58H101NO13/c1-3-5-7-9-11-13-15-17-19-20-21-22-23-24-25-26-28-30-32-34-36-38-40-42-50(63)59-46(47(62)41-39-37-35-33-31-29-27-18-16-14-12-10-8-6-4-2)45-69-57-55(68)53(66)56(49(44-61)71-57)72-58-54(67)52(65)51(64)48(43-60)70-58/h5,7,11,13,17,19,21-22,24-25,28,30,46-49,51-58,60-62,64-68H,3-4,6,8-10,12,14-16,18,20,23,26-27,29,31-45H2,1-2H3,(H,59,63)/b7-5-,13-11-,19-17-,22-21-,25-24-,30-28-. The molecule has 0 radical (unpaired) electrons. The number of ether oxygens (including phenoxy) is 4. The highest BCUT2D eigenvalue weighted by Gasteiger charge is 2.51. The van der Waals surface area contributed by atoms with Gasteiger partial charge in [0.2, 0.25) is 5.91 Å². The van der Waals surface area contributed by atoms with Crippen molar-refractivity contribution in [1.29, 1.82) is 0 Å². The third-order valence-corrected chi connectivity index (χ3v) is 13.4. The molecule has 0 saturated carbocycles. The number of carbonyl (C=O) groups excluding carboxylic acids is 1. The third-order valence-electron chi connectivity index (χ3n) is 13.4. The SMILES string of the molecule is CC/C=C\C/C=C\C/C=C\C/C=C\C/C=C\C/C=C\CCCCCCC(=O)NC(COC1OC(CO)C(OC2OC(CO)C(O)C(O)C2O)C(O)C1O)C(O)CCCCCCCCCCCCCCCCC. The van der Waals surface area contributed by atoms with Crippen LogP contribution in [0.1, 0.15) is 194 Å². The smallest absolute Gasteiger partial charge is 0.220 e. The van der Waals surface area contributed by atoms with Gasteiger partial charge in [0, 0.05) is 6.42 Å². The number of aliphatic hydroxyl groups excluding tert-OH is 8. The van der Waals surface area contributed by atoms with Crippen LogP contribution >= 0.6 is 0 Å². The van der Waals surface area contributed by atoms with E-state index in [1.165, 1.54) is 70.6 Å². The lowest BCUT2D eigenvalue weighted by Gasteiger charge is -2.46. The van der Waals surface area contributed by atoms with E-state index in [-0.39, 0.29) is 18.9 Å². The van der Waals surface area contributed by atoms with E-state index in [9.17, 15) is 45.6 Å². The first-order valence-electron chi connectivity index (χ1n) is 28.2. The number of carbonyl (C=O) groups is 1. The molecular formula is C58H101NO13. The number of nitrogens with one attached hydrogen (secondary N) is 1. The fraction of sp³-hybridized carbons (Fsp3) is 0.776. The lowest BCUT2D eigenvalue weighted by molar-refractivity contribution is -0.359. The van der Waals surface area contributed by atoms with E-state index in [0.29, 0.717) is 12.8 Å². The van der Waals surface area contributed by atoms with Gasteiger partial charge in [0.05, 0.1) is 32.0 Å². The Balaban J connectivity index is 1.79. The van der Waals surface area contributed by atoms with Gasteiger partial charge in [0.15, 0.2) is 12.6 Å². The highest BCUT2D eigenvalue weighted by atomic mass is 16.7. The predicted molar refractivity (Wildman–Crippen MR) is 286 cm³/mol. The molecule has 14 heteroatoms. The normalized spacial score (nSPS) is 26.1. The summed E-state index contributed by atoms with van der Waals surface area (Å²) < 4.78 is 22.8. The van der Waals surface area contributed by atoms with Crippen molar-refractivity contribution in [3.8, 4) is 0 Å². The molecule has 9 N–H and O–H groups in total. The van der Waals surface area contributed by atoms with E-state index in [0.717, 1.165) is 89.9 Å². The molecule has 2 rings (SSSR count). The molecule has 0 aromatic heterocycles. The van der Waals surface area contributed by atoms with Crippen LogP contribution in [0.4, 0.5) is 0 Å². The van der Waals surface area contributed by atoms with Gasteiger partial charge in [0.25, 0.3) is 0 Å². The van der Waals surface area contributed by atoms with Crippen LogP contribution < -0.4 is 5.32 Å². The van der Waals surface area contributed by atoms with Crippen LogP contribution in [0.15, 0.2) is 72.9 Å². The zero-order chi connectivity index (χ0) is 52.4. The summed E-state index contributed by atoms with van der Waals surface area (Å²) in [4.78, 5) is 13.2. The van der Waals surface area contributed by atoms with E-state index < -0.39 is 86.8 Å². The van der Waals surface area contributed by atoms with Gasteiger partial charge < -0.3 is 65.1 Å². The molecule has 72 heavy (non-hydrogen) atoms. The Morgan fingerprint density at radius 2 is 0.958 bits per heavy atom. The van der Waals surface area contributed by atoms with E-state index in [4.69, 9.17) is 18.9 Å². The van der Waals surface area contributed by atoms with Gasteiger partial charge in [-0.15, -0.1) is 0 Å². The van der Waals surface area contributed by atoms with Gasteiger partial charge in [0.1, 0.15) is 48.8 Å². The van der Waals surface area contributed by atoms with Gasteiger partial charge in [-0.25, -0.2) is 0 Å². The van der Waals surface area contributed by atoms with Crippen LogP contribution in [-0.2, 0) is 23.7 Å². The van der Waals surface area contributed by atoms with Gasteiger partial charge >= 0.3 is 0 Å². The fourth-order valence-corrected chi connectivity index (χ4v) is 8.89. The van der Waals surface area contributed by atoms with E-state index in [2.05, 4.69) is 92.1 Å². The summed E-state index contributed by atoms with van der Waals surface area (Å²) in [5.41, 5.74) is 0. The first kappa shape index (κ1) is 65.5. The fourth-order valence-electron chi connectivity index (χ4n) is 8.89. The average molecular weight is 1020 g/mol. The number of aliphatic hydroxyl groups is 8. The maximum Gasteiger partial charge on any atom is 0.220 e. The molecule has 0 aromatic rings. The minimum absolute atomic E-state index is 0.234. The molecular weight excluding hydrogens is 919 g/mol. The van der Waals surface area contributed by atoms with Crippen LogP contribution in [0.3, 0.4) is 0 Å². The van der Waals surface area contributed by atoms with Crippen LogP contribution in [0.5, 0.6) is 0 Å². The van der Waals surface area contributed by atoms with E-state index >= 15 is 0 Å². The summed E-state index contributed by atoms with van der Waals surface area (Å²) in [7, 11) is 0. The Hall–Kier alpha value is -2.57. The second-order valence-corrected chi connectivity index (χ2v) is 19.7. The third kappa shape index (κ3) is 29.5. The number of rotatable bonds is 43. The quantitative estimate of drug-likeness (QED) is 0.0206. The molecule has 0 aliphatic carbocycles. The van der Waals surface area contributed by atoms with Gasteiger partial charge in [-0.3, -0.25) is 4.79 Å². The van der Waals surface area contributed by atoms with Crippen LogP contribution in [-0.4, -0.2) is 140 Å². The van der Waals surface area contributed by atoms with E-state index in [1.807, 2.05) is 0 Å². The Morgan fingerprint density at radius 1 is 0.514 bits per heavy atom. The number of allylic oxidation sites excluding steroid dienone is 12. The Bertz CT molecular complexity index is 1480. The minimum atomic E-state index is -1.79. The van der Waals surface area contributed by atoms with Gasteiger partial charge in [-0.05, 0) is 64.2 Å². The summed E-state index contributed by atoms with van der Waals surface area (Å²) >= 11 is 0. The molecule has 14 nitrogen and oxygen atoms in total. The van der Waals surface area contributed by atoms with Crippen LogP contribution in [0.2, 0.25) is 0 Å². The number of unbranched alkanes of at least 4 members (excludes halogenated alkanes) is 18. The maximum atomic E-state index is 13.2. The van der Waals surface area contributed by atoms with Crippen molar-refractivity contribution in [3.05, 3.63) is 72.9 Å². The molecule has 12 atom stereocenters. The molecule has 0 spiro atoms. The number of hydrogen-bond acceptors (Lipinski definition) is 13. The average Bonchev–Trinajstić information content (AvgIpc) is 3.38. The zero-order valence-electron chi connectivity index (χ0n) is 44.4. The first-order valence-corrected chi connectivity index (χ1v) is 28.2. The molecule has 2 fully saturated rings. The lowest BCUT2D eigenvalue weighted by Crippen LogP contribution is -2.65. The lowest BCUT2D eigenvalue weighted by atomic mass is 9.97. The second kappa shape index (κ2) is 43.6. The van der Waals surface area contributed by atoms with Crippen molar-refractivity contribution >= 4 is 5.91 Å². The van der Waals surface area contributed by atoms with Crippen molar-refractivity contribution in [3.63, 3.8) is 0 Å². The molecule has 2 saturated heterocycles. The Morgan fingerprint density at radius 3 is 1.47 bits per heavy atom. The monoisotopic (exact) mass is 1020 g/mol. The van der Waals surface area contributed by atoms with Crippen molar-refractivity contribution in [2.24, 2.45) is 0 Å². The molecule has 416 valence electrons. The molecule has 0 aromatic carbocycles. The summed E-state index contributed by atoms with van der Waals surface area (Å²) in [5.74, 6) is -0.234. The highest BCUT2D eigenvalue weighted by molar-refractivity contribution is 5.76. The molecule has 0 bridgehead atoms. The molecule has 2 aliphatic heterocycles. The summed E-state index contributed by atoms with van der Waals surface area (Å²) in [6, 6.07) is -0.846. The van der Waals surface area contributed by atoms with E-state index in [1.54, 1.807) is 0 Å². The van der Waals surface area contributed by atoms with Gasteiger partial charge in [-0.1, -0.05) is 196 Å². The van der Waals surface area contributed by atoms with Crippen molar-refractivity contribution < 1.29 is 64.6 Å². The predicted octanol–water partition coefficient (Wildman–Crippen LogP) is 8.77. The summed E-state index contributed by atoms with van der Waals surface area (Å²) in [6.45, 7) is 2.71. The van der Waals surface area contributed by atoms with Crippen molar-refractivity contribution in [2.75, 3.05) is 19.8 Å². The Labute approximate surface area is 434 Å². The van der Waals surface area contributed by atoms with Crippen molar-refractivity contribution in [2.45, 2.75) is 267 Å². The number of amides is 1. The topological polar surface area (TPSA) is 228 Å². The Kier molecular flexibility index (Phi) is 39.7. The highest BCUT2D eigenvalue weighted by Crippen LogP contribution is 2.30.